The summed E-state index contributed by atoms with van der Waals surface area (Å²) in [6.07, 6.45) is 1.64. The van der Waals surface area contributed by atoms with Crippen LogP contribution in [-0.2, 0) is 0 Å². The zero-order valence-electron chi connectivity index (χ0n) is 17.3. The van der Waals surface area contributed by atoms with Crippen molar-refractivity contribution in [3.05, 3.63) is 47.3 Å². The van der Waals surface area contributed by atoms with Crippen molar-refractivity contribution in [1.82, 2.24) is 19.8 Å². The summed E-state index contributed by atoms with van der Waals surface area (Å²) in [5.74, 6) is 0.473. The molecule has 1 aromatic carbocycles. The summed E-state index contributed by atoms with van der Waals surface area (Å²) in [6, 6.07) is 8.09. The van der Waals surface area contributed by atoms with Crippen LogP contribution in [0.3, 0.4) is 0 Å². The number of nitrogens with zero attached hydrogens (tertiary/aromatic N) is 5. The van der Waals surface area contributed by atoms with E-state index in [2.05, 4.69) is 57.1 Å². The summed E-state index contributed by atoms with van der Waals surface area (Å²) in [5.41, 5.74) is 4.32. The Labute approximate surface area is 167 Å². The molecule has 3 rings (SSSR count). The van der Waals surface area contributed by atoms with Gasteiger partial charge in [0, 0.05) is 51.2 Å². The molecule has 1 saturated heterocycles. The minimum absolute atomic E-state index is 0.0290. The predicted molar refractivity (Wildman–Crippen MR) is 113 cm³/mol. The molecule has 0 aliphatic carbocycles. The first kappa shape index (κ1) is 20.1. The first-order chi connectivity index (χ1) is 13.5. The molecular weight excluding hydrogens is 352 g/mol. The Hall–Kier alpha value is -2.67. The second-order valence-corrected chi connectivity index (χ2v) is 7.49. The number of hydrogen-bond donors (Lipinski definition) is 1. The topological polar surface area (TPSA) is 64.6 Å². The number of anilines is 2. The molecule has 1 aliphatic rings. The van der Waals surface area contributed by atoms with Crippen LogP contribution in [0, 0.1) is 13.8 Å². The van der Waals surface area contributed by atoms with E-state index in [9.17, 15) is 4.79 Å². The second kappa shape index (κ2) is 9.01. The van der Waals surface area contributed by atoms with Crippen molar-refractivity contribution < 1.29 is 4.79 Å². The smallest absolute Gasteiger partial charge is 0.272 e. The van der Waals surface area contributed by atoms with Gasteiger partial charge in [-0.05, 0) is 51.2 Å². The number of benzene rings is 1. The highest BCUT2D eigenvalue weighted by molar-refractivity contribution is 5.92. The number of likely N-dealkylation sites (N-methyl/N-ethyl adjacent to an activating group) is 1. The maximum absolute atomic E-state index is 12.9. The Kier molecular flexibility index (Phi) is 6.46. The fourth-order valence-corrected chi connectivity index (χ4v) is 3.34. The van der Waals surface area contributed by atoms with E-state index in [0.29, 0.717) is 24.7 Å². The van der Waals surface area contributed by atoms with Gasteiger partial charge in [-0.25, -0.2) is 9.97 Å². The number of nitrogens with one attached hydrogen (secondary N) is 1. The monoisotopic (exact) mass is 382 g/mol. The van der Waals surface area contributed by atoms with Crippen molar-refractivity contribution in [2.45, 2.75) is 13.8 Å². The van der Waals surface area contributed by atoms with Crippen LogP contribution in [0.15, 0.2) is 30.5 Å². The molecule has 1 fully saturated rings. The van der Waals surface area contributed by atoms with Crippen LogP contribution in [-0.4, -0.2) is 79.0 Å². The summed E-state index contributed by atoms with van der Waals surface area (Å²) in [4.78, 5) is 27.8. The van der Waals surface area contributed by atoms with Gasteiger partial charge < -0.3 is 20.0 Å². The average Bonchev–Trinajstić information content (AvgIpc) is 2.70. The minimum Gasteiger partial charge on any atom is -0.368 e. The molecule has 0 unspecified atom stereocenters. The molecule has 0 atom stereocenters. The van der Waals surface area contributed by atoms with Crippen molar-refractivity contribution in [2.24, 2.45) is 0 Å². The van der Waals surface area contributed by atoms with E-state index in [0.717, 1.165) is 26.2 Å². The molecule has 0 spiro atoms. The number of aromatic nitrogens is 2. The Morgan fingerprint density at radius 2 is 1.89 bits per heavy atom. The molecule has 2 heterocycles. The van der Waals surface area contributed by atoms with Crippen LogP contribution in [0.25, 0.3) is 0 Å². The fraction of sp³-hybridized carbons (Fsp3) is 0.476. The Balaban J connectivity index is 1.60. The normalized spacial score (nSPS) is 14.5. The number of amides is 1. The highest BCUT2D eigenvalue weighted by Crippen LogP contribution is 2.24. The van der Waals surface area contributed by atoms with Crippen LogP contribution < -0.4 is 10.2 Å². The van der Waals surface area contributed by atoms with Gasteiger partial charge in [-0.15, -0.1) is 0 Å². The Morgan fingerprint density at radius 3 is 2.61 bits per heavy atom. The van der Waals surface area contributed by atoms with E-state index < -0.39 is 0 Å². The molecular formula is C21H30N6O. The van der Waals surface area contributed by atoms with Crippen molar-refractivity contribution >= 4 is 17.5 Å². The van der Waals surface area contributed by atoms with E-state index in [4.69, 9.17) is 0 Å². The molecule has 2 aromatic rings. The van der Waals surface area contributed by atoms with Gasteiger partial charge in [-0.1, -0.05) is 12.1 Å². The summed E-state index contributed by atoms with van der Waals surface area (Å²) in [5, 5.41) is 3.17. The lowest BCUT2D eigenvalue weighted by atomic mass is 10.1. The van der Waals surface area contributed by atoms with Crippen LogP contribution >= 0.6 is 0 Å². The quantitative estimate of drug-likeness (QED) is 0.825. The van der Waals surface area contributed by atoms with Gasteiger partial charge in [-0.3, -0.25) is 4.79 Å². The zero-order valence-corrected chi connectivity index (χ0v) is 17.3. The maximum Gasteiger partial charge on any atom is 0.272 e. The second-order valence-electron chi connectivity index (χ2n) is 7.49. The lowest BCUT2D eigenvalue weighted by molar-refractivity contribution is 0.0741. The van der Waals surface area contributed by atoms with Gasteiger partial charge in [0.25, 0.3) is 5.91 Å². The van der Waals surface area contributed by atoms with E-state index in [1.165, 1.54) is 16.8 Å². The molecule has 1 amide bonds. The number of hydrogen-bond acceptors (Lipinski definition) is 6. The summed E-state index contributed by atoms with van der Waals surface area (Å²) in [6.45, 7) is 8.95. The molecule has 0 bridgehead atoms. The number of carbonyl (C=O) groups is 1. The number of carbonyl (C=O) groups excluding carboxylic acids is 1. The lowest BCUT2D eigenvalue weighted by Crippen LogP contribution is -2.49. The largest absolute Gasteiger partial charge is 0.368 e. The molecule has 1 aromatic heterocycles. The number of aryl methyl sites for hydroxylation is 1. The highest BCUT2D eigenvalue weighted by atomic mass is 16.2. The zero-order chi connectivity index (χ0) is 20.1. The van der Waals surface area contributed by atoms with Crippen molar-refractivity contribution in [2.75, 3.05) is 63.6 Å². The number of piperazine rings is 1. The predicted octanol–water partition coefficient (Wildman–Crippen LogP) is 2.03. The molecule has 7 nitrogen and oxygen atoms in total. The number of rotatable bonds is 6. The Bertz CT molecular complexity index is 814. The standard InChI is InChI=1S/C21H30N6O/c1-16-6-5-7-19(17(16)2)26-12-14-27(15-13-26)20(28)18-8-9-22-21(24-18)23-10-11-25(3)4/h5-9H,10-15H2,1-4H3,(H,22,23,24). The third-order valence-corrected chi connectivity index (χ3v) is 5.20. The van der Waals surface area contributed by atoms with Gasteiger partial charge in [0.15, 0.2) is 0 Å². The van der Waals surface area contributed by atoms with Gasteiger partial charge in [0.1, 0.15) is 5.69 Å². The first-order valence-corrected chi connectivity index (χ1v) is 9.78. The molecule has 1 N–H and O–H groups in total. The van der Waals surface area contributed by atoms with Crippen LogP contribution in [0.5, 0.6) is 0 Å². The van der Waals surface area contributed by atoms with Crippen LogP contribution in [0.4, 0.5) is 11.6 Å². The maximum atomic E-state index is 12.9. The fourth-order valence-electron chi connectivity index (χ4n) is 3.34. The molecule has 28 heavy (non-hydrogen) atoms. The summed E-state index contributed by atoms with van der Waals surface area (Å²) < 4.78 is 0. The van der Waals surface area contributed by atoms with Gasteiger partial charge in [-0.2, -0.15) is 0 Å². The molecule has 0 radical (unpaired) electrons. The molecule has 0 saturated carbocycles. The minimum atomic E-state index is -0.0290. The van der Waals surface area contributed by atoms with E-state index in [1.54, 1.807) is 12.3 Å². The lowest BCUT2D eigenvalue weighted by Gasteiger charge is -2.37. The highest BCUT2D eigenvalue weighted by Gasteiger charge is 2.24. The molecule has 150 valence electrons. The van der Waals surface area contributed by atoms with E-state index in [1.807, 2.05) is 19.0 Å². The van der Waals surface area contributed by atoms with Crippen molar-refractivity contribution in [3.8, 4) is 0 Å². The Morgan fingerprint density at radius 1 is 1.14 bits per heavy atom. The summed E-state index contributed by atoms with van der Waals surface area (Å²) >= 11 is 0. The summed E-state index contributed by atoms with van der Waals surface area (Å²) in [7, 11) is 4.03. The first-order valence-electron chi connectivity index (χ1n) is 9.78. The van der Waals surface area contributed by atoms with Crippen LogP contribution in [0.1, 0.15) is 21.6 Å². The van der Waals surface area contributed by atoms with E-state index >= 15 is 0 Å². The van der Waals surface area contributed by atoms with Gasteiger partial charge in [0.05, 0.1) is 0 Å². The van der Waals surface area contributed by atoms with E-state index in [-0.39, 0.29) is 5.91 Å². The van der Waals surface area contributed by atoms with Crippen molar-refractivity contribution in [1.29, 1.82) is 0 Å². The molecule has 1 aliphatic heterocycles. The molecule has 7 heteroatoms. The average molecular weight is 383 g/mol. The van der Waals surface area contributed by atoms with Gasteiger partial charge in [0.2, 0.25) is 5.95 Å². The van der Waals surface area contributed by atoms with Gasteiger partial charge >= 0.3 is 0 Å². The third-order valence-electron chi connectivity index (χ3n) is 5.20. The SMILES string of the molecule is Cc1cccc(N2CCN(C(=O)c3ccnc(NCCN(C)C)n3)CC2)c1C. The third kappa shape index (κ3) is 4.78. The van der Waals surface area contributed by atoms with Crippen LogP contribution in [0.2, 0.25) is 0 Å². The van der Waals surface area contributed by atoms with Crippen molar-refractivity contribution in [3.63, 3.8) is 0 Å².